The lowest BCUT2D eigenvalue weighted by molar-refractivity contribution is 0.0720. The summed E-state index contributed by atoms with van der Waals surface area (Å²) in [5, 5.41) is 2.84. The third kappa shape index (κ3) is 6.83. The van der Waals surface area contributed by atoms with Gasteiger partial charge in [-0.15, -0.1) is 0 Å². The Bertz CT molecular complexity index is 753. The van der Waals surface area contributed by atoms with E-state index in [0.29, 0.717) is 36.4 Å². The van der Waals surface area contributed by atoms with Gasteiger partial charge in [0, 0.05) is 18.7 Å². The van der Waals surface area contributed by atoms with Crippen LogP contribution in [-0.2, 0) is 6.54 Å². The summed E-state index contributed by atoms with van der Waals surface area (Å²) < 4.78 is 5.47. The number of hydrogen-bond donors (Lipinski definition) is 1. The van der Waals surface area contributed by atoms with Crippen LogP contribution in [0.5, 0.6) is 0 Å². The van der Waals surface area contributed by atoms with Crippen molar-refractivity contribution in [1.82, 2.24) is 15.2 Å². The maximum absolute atomic E-state index is 12.9. The maximum Gasteiger partial charge on any atom is 0.273 e. The number of hydrogen-bond acceptors (Lipinski definition) is 4. The molecule has 1 heterocycles. The molecule has 0 aliphatic heterocycles. The van der Waals surface area contributed by atoms with Gasteiger partial charge in [-0.3, -0.25) is 9.59 Å². The third-order valence-electron chi connectivity index (χ3n) is 4.40. The Labute approximate surface area is 167 Å². The number of nitrogens with zero attached hydrogens (tertiary/aromatic N) is 2. The second-order valence-corrected chi connectivity index (χ2v) is 7.84. The molecule has 0 aliphatic carbocycles. The number of aromatic nitrogens is 1. The van der Waals surface area contributed by atoms with Gasteiger partial charge >= 0.3 is 0 Å². The predicted octanol–water partition coefficient (Wildman–Crippen LogP) is 4.14. The molecule has 2 aromatic rings. The van der Waals surface area contributed by atoms with Crippen molar-refractivity contribution in [1.29, 1.82) is 0 Å². The van der Waals surface area contributed by atoms with Crippen LogP contribution in [0, 0.1) is 11.8 Å². The van der Waals surface area contributed by atoms with Crippen LogP contribution in [0.4, 0.5) is 0 Å². The molecule has 0 spiro atoms. The van der Waals surface area contributed by atoms with Gasteiger partial charge < -0.3 is 14.6 Å². The fourth-order valence-corrected chi connectivity index (χ4v) is 2.65. The summed E-state index contributed by atoms with van der Waals surface area (Å²) >= 11 is 0. The van der Waals surface area contributed by atoms with Gasteiger partial charge in [0.05, 0.1) is 6.54 Å². The van der Waals surface area contributed by atoms with Gasteiger partial charge in [0.15, 0.2) is 5.69 Å². The van der Waals surface area contributed by atoms with Crippen molar-refractivity contribution in [3.05, 3.63) is 53.7 Å². The first-order valence-electron chi connectivity index (χ1n) is 9.93. The van der Waals surface area contributed by atoms with Crippen LogP contribution in [0.1, 0.15) is 67.3 Å². The molecule has 0 aliphatic rings. The van der Waals surface area contributed by atoms with Crippen molar-refractivity contribution in [3.63, 3.8) is 0 Å². The van der Waals surface area contributed by atoms with Crippen LogP contribution in [0.2, 0.25) is 0 Å². The molecule has 0 bridgehead atoms. The highest BCUT2D eigenvalue weighted by Crippen LogP contribution is 2.13. The Morgan fingerprint density at radius 1 is 1.07 bits per heavy atom. The van der Waals surface area contributed by atoms with Crippen LogP contribution >= 0.6 is 0 Å². The Kier molecular flexibility index (Phi) is 8.23. The van der Waals surface area contributed by atoms with E-state index in [-0.39, 0.29) is 24.1 Å². The zero-order chi connectivity index (χ0) is 20.5. The molecule has 0 atom stereocenters. The number of amides is 2. The summed E-state index contributed by atoms with van der Waals surface area (Å²) in [5.41, 5.74) is 0.874. The molecule has 6 heteroatoms. The number of carbonyl (C=O) groups excluding carboxylic acids is 2. The van der Waals surface area contributed by atoms with Gasteiger partial charge in [0.2, 0.25) is 5.89 Å². The van der Waals surface area contributed by atoms with Crippen molar-refractivity contribution >= 4 is 11.8 Å². The molecular weight excluding hydrogens is 354 g/mol. The van der Waals surface area contributed by atoms with Gasteiger partial charge in [-0.1, -0.05) is 45.9 Å². The third-order valence-corrected chi connectivity index (χ3v) is 4.40. The lowest BCUT2D eigenvalue weighted by Gasteiger charge is -2.22. The molecule has 2 rings (SSSR count). The van der Waals surface area contributed by atoms with E-state index in [1.54, 1.807) is 17.0 Å². The van der Waals surface area contributed by atoms with Crippen LogP contribution in [-0.4, -0.2) is 34.8 Å². The summed E-state index contributed by atoms with van der Waals surface area (Å²) in [6.45, 7) is 9.90. The zero-order valence-corrected chi connectivity index (χ0v) is 17.3. The Morgan fingerprint density at radius 2 is 1.75 bits per heavy atom. The lowest BCUT2D eigenvalue weighted by atomic mass is 10.1. The highest BCUT2D eigenvalue weighted by Gasteiger charge is 2.20. The van der Waals surface area contributed by atoms with Crippen molar-refractivity contribution in [2.45, 2.75) is 47.1 Å². The molecule has 0 saturated heterocycles. The standard InChI is InChI=1S/C22H31N3O3/c1-16(2)10-12-23-21(26)19-15-28-20(24-19)14-25(13-11-17(3)4)22(27)18-8-6-5-7-9-18/h5-9,15-17H,10-14H2,1-4H3,(H,23,26). The first-order valence-corrected chi connectivity index (χ1v) is 9.93. The van der Waals surface area contributed by atoms with Gasteiger partial charge in [-0.2, -0.15) is 0 Å². The Balaban J connectivity index is 2.04. The van der Waals surface area contributed by atoms with Gasteiger partial charge in [-0.25, -0.2) is 4.98 Å². The second kappa shape index (κ2) is 10.6. The molecule has 28 heavy (non-hydrogen) atoms. The number of rotatable bonds is 10. The summed E-state index contributed by atoms with van der Waals surface area (Å²) in [4.78, 5) is 31.1. The van der Waals surface area contributed by atoms with Crippen molar-refractivity contribution in [3.8, 4) is 0 Å². The van der Waals surface area contributed by atoms with Crippen molar-refractivity contribution in [2.75, 3.05) is 13.1 Å². The molecule has 1 aromatic heterocycles. The van der Waals surface area contributed by atoms with E-state index in [1.165, 1.54) is 6.26 Å². The van der Waals surface area contributed by atoms with E-state index in [4.69, 9.17) is 4.42 Å². The van der Waals surface area contributed by atoms with E-state index in [2.05, 4.69) is 38.0 Å². The molecule has 152 valence electrons. The maximum atomic E-state index is 12.9. The zero-order valence-electron chi connectivity index (χ0n) is 17.3. The lowest BCUT2D eigenvalue weighted by Crippen LogP contribution is -2.32. The second-order valence-electron chi connectivity index (χ2n) is 7.84. The Hall–Kier alpha value is -2.63. The number of nitrogens with one attached hydrogen (secondary N) is 1. The minimum absolute atomic E-state index is 0.0672. The van der Waals surface area contributed by atoms with Crippen LogP contribution < -0.4 is 5.32 Å². The largest absolute Gasteiger partial charge is 0.446 e. The first-order chi connectivity index (χ1) is 13.4. The molecule has 0 radical (unpaired) electrons. The van der Waals surface area contributed by atoms with Crippen LogP contribution in [0.15, 0.2) is 41.0 Å². The summed E-state index contributed by atoms with van der Waals surface area (Å²) in [6, 6.07) is 9.17. The molecular formula is C22H31N3O3. The van der Waals surface area contributed by atoms with Crippen molar-refractivity contribution < 1.29 is 14.0 Å². The molecule has 2 amide bonds. The SMILES string of the molecule is CC(C)CCNC(=O)c1coc(CN(CCC(C)C)C(=O)c2ccccc2)n1. The smallest absolute Gasteiger partial charge is 0.273 e. The van der Waals surface area contributed by atoms with Crippen molar-refractivity contribution in [2.24, 2.45) is 11.8 Å². The Morgan fingerprint density at radius 3 is 2.39 bits per heavy atom. The number of benzene rings is 1. The fourth-order valence-electron chi connectivity index (χ4n) is 2.65. The van der Waals surface area contributed by atoms with Gasteiger partial charge in [0.25, 0.3) is 11.8 Å². The number of oxazole rings is 1. The normalized spacial score (nSPS) is 11.1. The predicted molar refractivity (Wildman–Crippen MR) is 109 cm³/mol. The minimum Gasteiger partial charge on any atom is -0.446 e. The molecule has 0 fully saturated rings. The van der Waals surface area contributed by atoms with E-state index in [1.807, 2.05) is 18.2 Å². The van der Waals surface area contributed by atoms with E-state index >= 15 is 0 Å². The van der Waals surface area contributed by atoms with E-state index < -0.39 is 0 Å². The van der Waals surface area contributed by atoms with E-state index in [9.17, 15) is 9.59 Å². The molecule has 1 aromatic carbocycles. The summed E-state index contributed by atoms with van der Waals surface area (Å²) in [6.07, 6.45) is 3.14. The average Bonchev–Trinajstić information content (AvgIpc) is 3.13. The monoisotopic (exact) mass is 385 g/mol. The highest BCUT2D eigenvalue weighted by molar-refractivity contribution is 5.94. The molecule has 0 saturated carbocycles. The average molecular weight is 386 g/mol. The van der Waals surface area contributed by atoms with E-state index in [0.717, 1.165) is 12.8 Å². The quantitative estimate of drug-likeness (QED) is 0.667. The highest BCUT2D eigenvalue weighted by atomic mass is 16.3. The summed E-state index contributed by atoms with van der Waals surface area (Å²) in [7, 11) is 0. The van der Waals surface area contributed by atoms with Crippen LogP contribution in [0.3, 0.4) is 0 Å². The summed E-state index contributed by atoms with van der Waals surface area (Å²) in [5.74, 6) is 1.04. The number of carbonyl (C=O) groups is 2. The fraction of sp³-hybridized carbons (Fsp3) is 0.500. The van der Waals surface area contributed by atoms with Crippen LogP contribution in [0.25, 0.3) is 0 Å². The molecule has 1 N–H and O–H groups in total. The molecule has 6 nitrogen and oxygen atoms in total. The molecule has 0 unspecified atom stereocenters. The minimum atomic E-state index is -0.251. The van der Waals surface area contributed by atoms with Gasteiger partial charge in [0.1, 0.15) is 6.26 Å². The van der Waals surface area contributed by atoms with Gasteiger partial charge in [-0.05, 0) is 36.8 Å². The first kappa shape index (κ1) is 21.7. The topological polar surface area (TPSA) is 75.4 Å².